The molecule has 0 amide bonds. The highest BCUT2D eigenvalue weighted by Gasteiger charge is 2.62. The van der Waals surface area contributed by atoms with Crippen LogP contribution in [-0.4, -0.2) is 29.0 Å². The molecule has 4 aliphatic rings. The molecule has 0 heterocycles. The Morgan fingerprint density at radius 3 is 2.38 bits per heavy atom. The number of carbonyl (C=O) groups is 1. The molecule has 4 aliphatic carbocycles. The molecule has 0 aromatic heterocycles. The van der Waals surface area contributed by atoms with E-state index in [1.807, 2.05) is 13.8 Å². The van der Waals surface area contributed by atoms with Crippen LogP contribution < -0.4 is 0 Å². The van der Waals surface area contributed by atoms with Gasteiger partial charge in [0.15, 0.2) is 0 Å². The second-order valence-electron chi connectivity index (χ2n) is 10.8. The zero-order valence-electron chi connectivity index (χ0n) is 19.0. The predicted molar refractivity (Wildman–Crippen MR) is 114 cm³/mol. The molecule has 29 heavy (non-hydrogen) atoms. The van der Waals surface area contributed by atoms with Crippen LogP contribution >= 0.6 is 0 Å². The third kappa shape index (κ3) is 3.77. The van der Waals surface area contributed by atoms with Crippen molar-refractivity contribution in [3.8, 4) is 0 Å². The molecule has 2 N–H and O–H groups in total. The van der Waals surface area contributed by atoms with Crippen molar-refractivity contribution in [2.75, 3.05) is 6.61 Å². The van der Waals surface area contributed by atoms with E-state index in [4.69, 9.17) is 0 Å². The highest BCUT2D eigenvalue weighted by Crippen LogP contribution is 2.68. The minimum atomic E-state index is -0.892. The van der Waals surface area contributed by atoms with Gasteiger partial charge in [-0.15, -0.1) is 0 Å². The maximum Gasteiger partial charge on any atom is 0.308 e. The Morgan fingerprint density at radius 2 is 1.72 bits per heavy atom. The second-order valence-corrected chi connectivity index (χ2v) is 10.8. The number of carboxylic acids is 1. The lowest BCUT2D eigenvalue weighted by Crippen LogP contribution is -2.56. The lowest BCUT2D eigenvalue weighted by Gasteiger charge is -2.61. The van der Waals surface area contributed by atoms with Crippen LogP contribution in [0.2, 0.25) is 0 Å². The topological polar surface area (TPSA) is 57.5 Å². The Bertz CT molecular complexity index is 580. The number of fused-ring (bicyclic) bond motifs is 5. The molecular weight excluding hydrogens is 367 g/mol. The fraction of sp³-hybridized carbons (Fsp3) is 0.960. The number of alkyl halides is 1. The number of halogens is 1. The summed E-state index contributed by atoms with van der Waals surface area (Å²) in [6.45, 7) is 8.48. The molecule has 0 aliphatic heterocycles. The van der Waals surface area contributed by atoms with Gasteiger partial charge >= 0.3 is 5.97 Å². The monoisotopic (exact) mass is 410 g/mol. The highest BCUT2D eigenvalue weighted by molar-refractivity contribution is 5.70. The molecule has 0 aromatic carbocycles. The van der Waals surface area contributed by atoms with Gasteiger partial charge in [0.1, 0.15) is 6.17 Å². The maximum absolute atomic E-state index is 15.5. The Balaban J connectivity index is 0.00000117. The molecule has 9 atom stereocenters. The predicted octanol–water partition coefficient (Wildman–Crippen LogP) is 6.09. The molecule has 0 radical (unpaired) electrons. The summed E-state index contributed by atoms with van der Waals surface area (Å²) in [5, 5.41) is 18.9. The zero-order valence-corrected chi connectivity index (χ0v) is 19.0. The van der Waals surface area contributed by atoms with Gasteiger partial charge in [0.05, 0.1) is 12.5 Å². The second kappa shape index (κ2) is 8.85. The van der Waals surface area contributed by atoms with E-state index < -0.39 is 18.1 Å². The molecule has 0 bridgehead atoms. The third-order valence-electron chi connectivity index (χ3n) is 9.89. The molecule has 4 fully saturated rings. The van der Waals surface area contributed by atoms with Crippen molar-refractivity contribution in [2.24, 2.45) is 46.3 Å². The molecular formula is C25H43FO3. The third-order valence-corrected chi connectivity index (χ3v) is 9.89. The van der Waals surface area contributed by atoms with E-state index in [1.165, 1.54) is 25.7 Å². The first-order valence-electron chi connectivity index (χ1n) is 12.3. The van der Waals surface area contributed by atoms with Crippen LogP contribution in [-0.2, 0) is 4.79 Å². The first-order chi connectivity index (χ1) is 13.8. The number of hydrogen-bond donors (Lipinski definition) is 2. The average molecular weight is 411 g/mol. The van der Waals surface area contributed by atoms with Crippen molar-refractivity contribution in [2.45, 2.75) is 98.1 Å². The number of aliphatic hydroxyl groups is 1. The van der Waals surface area contributed by atoms with Crippen LogP contribution in [0.25, 0.3) is 0 Å². The van der Waals surface area contributed by atoms with Gasteiger partial charge in [-0.25, -0.2) is 4.39 Å². The van der Waals surface area contributed by atoms with Crippen molar-refractivity contribution in [3.63, 3.8) is 0 Å². The summed E-state index contributed by atoms with van der Waals surface area (Å²) in [5.41, 5.74) is 0.367. The van der Waals surface area contributed by atoms with Crippen LogP contribution in [0.1, 0.15) is 91.9 Å². The fourth-order valence-electron chi connectivity index (χ4n) is 8.30. The van der Waals surface area contributed by atoms with E-state index in [2.05, 4.69) is 13.8 Å². The summed E-state index contributed by atoms with van der Waals surface area (Å²) >= 11 is 0. The molecule has 4 saturated carbocycles. The maximum atomic E-state index is 15.5. The van der Waals surface area contributed by atoms with Gasteiger partial charge in [-0.05, 0) is 91.8 Å². The summed E-state index contributed by atoms with van der Waals surface area (Å²) in [5.74, 6) is 0.384. The smallest absolute Gasteiger partial charge is 0.308 e. The fourth-order valence-corrected chi connectivity index (χ4v) is 8.30. The van der Waals surface area contributed by atoms with Crippen LogP contribution in [0.4, 0.5) is 4.39 Å². The van der Waals surface area contributed by atoms with Crippen LogP contribution in [0.15, 0.2) is 0 Å². The highest BCUT2D eigenvalue weighted by atomic mass is 19.1. The number of aliphatic hydroxyl groups excluding tert-OH is 1. The summed E-state index contributed by atoms with van der Waals surface area (Å²) in [6.07, 6.45) is 9.93. The minimum absolute atomic E-state index is 0.0479. The first-order valence-corrected chi connectivity index (χ1v) is 12.3. The largest absolute Gasteiger partial charge is 0.481 e. The molecule has 3 nitrogen and oxygen atoms in total. The summed E-state index contributed by atoms with van der Waals surface area (Å²) in [7, 11) is 0. The van der Waals surface area contributed by atoms with E-state index in [1.54, 1.807) is 0 Å². The zero-order chi connectivity index (χ0) is 21.4. The molecule has 9 unspecified atom stereocenters. The van der Waals surface area contributed by atoms with E-state index in [9.17, 15) is 15.0 Å². The van der Waals surface area contributed by atoms with Crippen molar-refractivity contribution < 1.29 is 19.4 Å². The lowest BCUT2D eigenvalue weighted by atomic mass is 9.44. The van der Waals surface area contributed by atoms with Gasteiger partial charge < -0.3 is 10.2 Å². The molecule has 4 rings (SSSR count). The van der Waals surface area contributed by atoms with Crippen molar-refractivity contribution in [3.05, 3.63) is 0 Å². The quantitative estimate of drug-likeness (QED) is 0.589. The van der Waals surface area contributed by atoms with Gasteiger partial charge in [0, 0.05) is 0 Å². The number of carboxylic acid groups (broad SMARTS) is 1. The number of rotatable bonds is 4. The van der Waals surface area contributed by atoms with Crippen LogP contribution in [0.5, 0.6) is 0 Å². The lowest BCUT2D eigenvalue weighted by molar-refractivity contribution is -0.149. The average Bonchev–Trinajstić information content (AvgIpc) is 3.04. The van der Waals surface area contributed by atoms with Crippen LogP contribution in [0, 0.1) is 46.3 Å². The Morgan fingerprint density at radius 1 is 1.03 bits per heavy atom. The van der Waals surface area contributed by atoms with Crippen molar-refractivity contribution in [1.82, 2.24) is 0 Å². The summed E-state index contributed by atoms with van der Waals surface area (Å²) in [6, 6.07) is 0. The summed E-state index contributed by atoms with van der Waals surface area (Å²) < 4.78 is 15.5. The van der Waals surface area contributed by atoms with Gasteiger partial charge in [0.25, 0.3) is 0 Å². The molecule has 4 heteroatoms. The molecule has 0 aromatic rings. The minimum Gasteiger partial charge on any atom is -0.481 e. The SMILES string of the molecule is CC.CC12CCC3C(C(F)CC4CCCCC43C)C1CCC2CC(CO)C(=O)O. The van der Waals surface area contributed by atoms with Crippen molar-refractivity contribution >= 4 is 5.97 Å². The first kappa shape index (κ1) is 23.0. The standard InChI is InChI=1S/C23H37FO3.C2H6/c1-22-9-4-3-5-15(22)12-19(24)20-17-7-6-16(11-14(13-25)21(26)27)23(17,2)10-8-18(20)22;1-2/h14-20,25H,3-13H2,1-2H3,(H,26,27);1-2H3. The number of aliphatic carboxylic acids is 1. The van der Waals surface area contributed by atoms with Crippen LogP contribution in [0.3, 0.4) is 0 Å². The normalized spacial score (nSPS) is 47.1. The Labute approximate surface area is 176 Å². The number of hydrogen-bond acceptors (Lipinski definition) is 2. The molecule has 0 saturated heterocycles. The molecule has 0 spiro atoms. The van der Waals surface area contributed by atoms with Gasteiger partial charge in [-0.1, -0.05) is 40.5 Å². The van der Waals surface area contributed by atoms with E-state index in [0.717, 1.165) is 32.1 Å². The van der Waals surface area contributed by atoms with E-state index in [0.29, 0.717) is 35.5 Å². The van der Waals surface area contributed by atoms with Crippen molar-refractivity contribution in [1.29, 1.82) is 0 Å². The Hall–Kier alpha value is -0.640. The van der Waals surface area contributed by atoms with E-state index in [-0.39, 0.29) is 17.9 Å². The summed E-state index contributed by atoms with van der Waals surface area (Å²) in [4.78, 5) is 11.4. The van der Waals surface area contributed by atoms with Gasteiger partial charge in [-0.3, -0.25) is 4.79 Å². The van der Waals surface area contributed by atoms with Gasteiger partial charge in [0.2, 0.25) is 0 Å². The van der Waals surface area contributed by atoms with E-state index >= 15 is 4.39 Å². The van der Waals surface area contributed by atoms with Gasteiger partial charge in [-0.2, -0.15) is 0 Å². The molecule has 168 valence electrons. The Kier molecular flexibility index (Phi) is 7.03.